The van der Waals surface area contributed by atoms with Crippen LogP contribution in [0.25, 0.3) is 0 Å². The minimum absolute atomic E-state index is 0.0275. The van der Waals surface area contributed by atoms with Crippen molar-refractivity contribution in [1.29, 1.82) is 0 Å². The summed E-state index contributed by atoms with van der Waals surface area (Å²) in [6, 6.07) is 13.8. The lowest BCUT2D eigenvalue weighted by molar-refractivity contribution is 0.0938. The van der Waals surface area contributed by atoms with Crippen LogP contribution in [0.2, 0.25) is 0 Å². The van der Waals surface area contributed by atoms with Gasteiger partial charge in [0.15, 0.2) is 0 Å². The molecule has 1 atom stereocenters. The van der Waals surface area contributed by atoms with Crippen LogP contribution < -0.4 is 10.1 Å². The first kappa shape index (κ1) is 17.0. The number of rotatable bonds is 6. The van der Waals surface area contributed by atoms with Crippen LogP contribution in [0.4, 0.5) is 4.39 Å². The molecule has 1 N–H and O–H groups in total. The third-order valence-electron chi connectivity index (χ3n) is 3.67. The van der Waals surface area contributed by atoms with E-state index in [1.54, 1.807) is 0 Å². The second kappa shape index (κ2) is 7.74. The molecule has 0 fully saturated rings. The van der Waals surface area contributed by atoms with Gasteiger partial charge in [0.2, 0.25) is 0 Å². The number of halogens is 1. The summed E-state index contributed by atoms with van der Waals surface area (Å²) in [6.45, 7) is 0.412. The van der Waals surface area contributed by atoms with Crippen molar-refractivity contribution in [1.82, 2.24) is 10.2 Å². The third-order valence-corrected chi connectivity index (χ3v) is 3.67. The third kappa shape index (κ3) is 4.29. The number of carbonyl (C=O) groups excluding carboxylic acids is 1. The summed E-state index contributed by atoms with van der Waals surface area (Å²) >= 11 is 0. The molecule has 2 rings (SSSR count). The van der Waals surface area contributed by atoms with Gasteiger partial charge in [-0.25, -0.2) is 4.39 Å². The second-order valence-corrected chi connectivity index (χ2v) is 5.44. The van der Waals surface area contributed by atoms with Crippen molar-refractivity contribution in [2.45, 2.75) is 6.04 Å². The molecule has 5 heteroatoms. The average Bonchev–Trinajstić information content (AvgIpc) is 2.55. The number of likely N-dealkylation sites (N-methyl/N-ethyl adjacent to an activating group) is 1. The summed E-state index contributed by atoms with van der Waals surface area (Å²) in [4.78, 5) is 14.4. The van der Waals surface area contributed by atoms with E-state index in [9.17, 15) is 9.18 Å². The first-order valence-corrected chi connectivity index (χ1v) is 7.36. The van der Waals surface area contributed by atoms with Crippen LogP contribution in [0.15, 0.2) is 48.5 Å². The van der Waals surface area contributed by atoms with Gasteiger partial charge < -0.3 is 15.0 Å². The molecule has 0 heterocycles. The van der Waals surface area contributed by atoms with E-state index in [1.165, 1.54) is 25.3 Å². The standard InChI is InChI=1S/C18H21FN2O2/c1-21(2)16(13-7-5-4-6-8-13)12-20-18(22)15-11-14(19)9-10-17(15)23-3/h4-11,16H,12H2,1-3H3,(H,20,22). The van der Waals surface area contributed by atoms with Crippen LogP contribution in [0.1, 0.15) is 22.0 Å². The van der Waals surface area contributed by atoms with Crippen LogP contribution in [-0.2, 0) is 0 Å². The van der Waals surface area contributed by atoms with E-state index in [1.807, 2.05) is 49.3 Å². The molecule has 0 aliphatic carbocycles. The van der Waals surface area contributed by atoms with E-state index >= 15 is 0 Å². The number of ether oxygens (including phenoxy) is 1. The number of benzene rings is 2. The number of methoxy groups -OCH3 is 1. The van der Waals surface area contributed by atoms with Crippen molar-refractivity contribution >= 4 is 5.91 Å². The topological polar surface area (TPSA) is 41.6 Å². The van der Waals surface area contributed by atoms with Crippen molar-refractivity contribution < 1.29 is 13.9 Å². The molecule has 0 radical (unpaired) electrons. The van der Waals surface area contributed by atoms with Crippen molar-refractivity contribution in [3.8, 4) is 5.75 Å². The summed E-state index contributed by atoms with van der Waals surface area (Å²) in [7, 11) is 5.36. The van der Waals surface area contributed by atoms with Crippen LogP contribution in [0.5, 0.6) is 5.75 Å². The first-order chi connectivity index (χ1) is 11.0. The highest BCUT2D eigenvalue weighted by Gasteiger charge is 2.18. The molecular formula is C18H21FN2O2. The molecule has 2 aromatic rings. The molecule has 0 aliphatic rings. The Morgan fingerprint density at radius 2 is 1.91 bits per heavy atom. The van der Waals surface area contributed by atoms with Crippen molar-refractivity contribution in [2.24, 2.45) is 0 Å². The Morgan fingerprint density at radius 1 is 1.22 bits per heavy atom. The maximum atomic E-state index is 13.4. The summed E-state index contributed by atoms with van der Waals surface area (Å²) in [6.07, 6.45) is 0. The normalized spacial score (nSPS) is 12.0. The minimum Gasteiger partial charge on any atom is -0.496 e. The molecule has 1 amide bonds. The Bertz CT molecular complexity index is 659. The van der Waals surface area contributed by atoms with E-state index < -0.39 is 5.82 Å². The number of hydrogen-bond donors (Lipinski definition) is 1. The Morgan fingerprint density at radius 3 is 2.52 bits per heavy atom. The molecule has 0 spiro atoms. The summed E-state index contributed by atoms with van der Waals surface area (Å²) in [5.74, 6) is -0.475. The highest BCUT2D eigenvalue weighted by Crippen LogP contribution is 2.20. The Labute approximate surface area is 135 Å². The fourth-order valence-electron chi connectivity index (χ4n) is 2.42. The molecular weight excluding hydrogens is 295 g/mol. The number of nitrogens with one attached hydrogen (secondary N) is 1. The second-order valence-electron chi connectivity index (χ2n) is 5.44. The van der Waals surface area contributed by atoms with Crippen LogP contribution in [-0.4, -0.2) is 38.6 Å². The van der Waals surface area contributed by atoms with Gasteiger partial charge in [-0.2, -0.15) is 0 Å². The van der Waals surface area contributed by atoms with Crippen LogP contribution in [0, 0.1) is 5.82 Å². The van der Waals surface area contributed by atoms with E-state index in [0.29, 0.717) is 12.3 Å². The number of hydrogen-bond acceptors (Lipinski definition) is 3. The molecule has 0 saturated heterocycles. The van der Waals surface area contributed by atoms with Crippen molar-refractivity contribution in [2.75, 3.05) is 27.7 Å². The number of carbonyl (C=O) groups is 1. The maximum absolute atomic E-state index is 13.4. The van der Waals surface area contributed by atoms with Gasteiger partial charge in [0.05, 0.1) is 18.7 Å². The van der Waals surface area contributed by atoms with Crippen LogP contribution >= 0.6 is 0 Å². The summed E-state index contributed by atoms with van der Waals surface area (Å²) < 4.78 is 18.5. The van der Waals surface area contributed by atoms with E-state index in [0.717, 1.165) is 5.56 Å². The quantitative estimate of drug-likeness (QED) is 0.891. The van der Waals surface area contributed by atoms with Gasteiger partial charge in [0.25, 0.3) is 5.91 Å². The average molecular weight is 316 g/mol. The lowest BCUT2D eigenvalue weighted by Crippen LogP contribution is -2.34. The Balaban J connectivity index is 2.12. The van der Waals surface area contributed by atoms with Gasteiger partial charge in [0, 0.05) is 6.54 Å². The lowest BCUT2D eigenvalue weighted by Gasteiger charge is -2.25. The SMILES string of the molecule is COc1ccc(F)cc1C(=O)NCC(c1ccccc1)N(C)C. The maximum Gasteiger partial charge on any atom is 0.255 e. The van der Waals surface area contributed by atoms with Gasteiger partial charge in [-0.05, 0) is 37.9 Å². The predicted octanol–water partition coefficient (Wildman–Crippen LogP) is 2.87. The van der Waals surface area contributed by atoms with Gasteiger partial charge in [-0.1, -0.05) is 30.3 Å². The van der Waals surface area contributed by atoms with E-state index in [2.05, 4.69) is 5.32 Å². The molecule has 0 aromatic heterocycles. The Hall–Kier alpha value is -2.40. The van der Waals surface area contributed by atoms with Gasteiger partial charge >= 0.3 is 0 Å². The fourth-order valence-corrected chi connectivity index (χ4v) is 2.42. The van der Waals surface area contributed by atoms with Crippen molar-refractivity contribution in [3.63, 3.8) is 0 Å². The van der Waals surface area contributed by atoms with Gasteiger partial charge in [-0.3, -0.25) is 4.79 Å². The largest absolute Gasteiger partial charge is 0.496 e. The van der Waals surface area contributed by atoms with Gasteiger partial charge in [-0.15, -0.1) is 0 Å². The molecule has 122 valence electrons. The Kier molecular flexibility index (Phi) is 5.71. The number of nitrogens with zero attached hydrogens (tertiary/aromatic N) is 1. The molecule has 23 heavy (non-hydrogen) atoms. The smallest absolute Gasteiger partial charge is 0.255 e. The van der Waals surface area contributed by atoms with E-state index in [4.69, 9.17) is 4.74 Å². The monoisotopic (exact) mass is 316 g/mol. The van der Waals surface area contributed by atoms with E-state index in [-0.39, 0.29) is 17.5 Å². The minimum atomic E-state index is -0.469. The first-order valence-electron chi connectivity index (χ1n) is 7.36. The predicted molar refractivity (Wildman–Crippen MR) is 88.2 cm³/mol. The zero-order chi connectivity index (χ0) is 16.8. The molecule has 4 nitrogen and oxygen atoms in total. The molecule has 2 aromatic carbocycles. The highest BCUT2D eigenvalue weighted by atomic mass is 19.1. The molecule has 0 bridgehead atoms. The van der Waals surface area contributed by atoms with Crippen LogP contribution in [0.3, 0.4) is 0 Å². The zero-order valence-electron chi connectivity index (χ0n) is 13.5. The highest BCUT2D eigenvalue weighted by molar-refractivity contribution is 5.96. The number of amides is 1. The fraction of sp³-hybridized carbons (Fsp3) is 0.278. The summed E-state index contributed by atoms with van der Waals surface area (Å²) in [5, 5.41) is 2.85. The van der Waals surface area contributed by atoms with Gasteiger partial charge in [0.1, 0.15) is 11.6 Å². The molecule has 1 unspecified atom stereocenters. The zero-order valence-corrected chi connectivity index (χ0v) is 13.5. The molecule has 0 saturated carbocycles. The van der Waals surface area contributed by atoms with Crippen molar-refractivity contribution in [3.05, 3.63) is 65.5 Å². The summed E-state index contributed by atoms with van der Waals surface area (Å²) in [5.41, 5.74) is 1.29. The molecule has 0 aliphatic heterocycles. The lowest BCUT2D eigenvalue weighted by atomic mass is 10.1.